The van der Waals surface area contributed by atoms with E-state index >= 15 is 0 Å². The average Bonchev–Trinajstić information content (AvgIpc) is 3.70. The van der Waals surface area contributed by atoms with Gasteiger partial charge in [0, 0.05) is 59.3 Å². The Kier molecular flexibility index (Phi) is 7.95. The molecule has 2 aromatic heterocycles. The largest absolute Gasteiger partial charge is 0.497 e. The minimum absolute atomic E-state index is 0.0946. The Hall–Kier alpha value is -4.19. The number of hydrogen-bond donors (Lipinski definition) is 3. The van der Waals surface area contributed by atoms with Crippen molar-refractivity contribution in [3.63, 3.8) is 0 Å². The van der Waals surface area contributed by atoms with E-state index in [1.807, 2.05) is 18.2 Å². The van der Waals surface area contributed by atoms with E-state index in [0.29, 0.717) is 59.5 Å². The highest BCUT2D eigenvalue weighted by Crippen LogP contribution is 2.57. The molecule has 2 aromatic carbocycles. The summed E-state index contributed by atoms with van der Waals surface area (Å²) in [6, 6.07) is 12.2. The zero-order chi connectivity index (χ0) is 30.2. The number of ether oxygens (including phenoxy) is 2. The van der Waals surface area contributed by atoms with E-state index < -0.39 is 10.8 Å². The minimum Gasteiger partial charge on any atom is -0.497 e. The molecule has 6 rings (SSSR count). The van der Waals surface area contributed by atoms with E-state index in [2.05, 4.69) is 57.8 Å². The molecule has 0 bridgehead atoms. The second kappa shape index (κ2) is 11.8. The van der Waals surface area contributed by atoms with Crippen molar-refractivity contribution in [3.05, 3.63) is 53.3 Å². The van der Waals surface area contributed by atoms with E-state index in [9.17, 15) is 9.00 Å². The maximum absolute atomic E-state index is 12.0. The van der Waals surface area contributed by atoms with Gasteiger partial charge in [0.1, 0.15) is 11.6 Å². The van der Waals surface area contributed by atoms with Crippen molar-refractivity contribution in [1.82, 2.24) is 20.2 Å². The highest BCUT2D eigenvalue weighted by molar-refractivity contribution is 7.85. The van der Waals surface area contributed by atoms with Crippen molar-refractivity contribution in [2.45, 2.75) is 44.9 Å². The molecule has 3 N–H and O–H groups in total. The normalized spacial score (nSPS) is 18.6. The molecule has 12 heteroatoms. The van der Waals surface area contributed by atoms with Gasteiger partial charge in [0.2, 0.25) is 11.7 Å². The Morgan fingerprint density at radius 3 is 2.53 bits per heavy atom. The summed E-state index contributed by atoms with van der Waals surface area (Å²) < 4.78 is 23.3. The Bertz CT molecular complexity index is 1700. The molecule has 2 atom stereocenters. The molecule has 11 nitrogen and oxygen atoms in total. The second-order valence-corrected chi connectivity index (χ2v) is 13.1. The molecule has 1 saturated heterocycles. The standard InChI is InChI=1S/C31H37N7O4S/c1-17(2)28-33-30(27(42-5)31(35-28)38-10-12-43(40)13-11-38)34-29-21-8-6-19(14-26(21)36-37-29)22-16-23(22)24-15-20(41-4)7-9-25(24)32-18(3)39/h6-9,14-15,17,22-23H,10-13,16H2,1-5H3,(H,32,39)(H2,33,34,35,36,37). The maximum Gasteiger partial charge on any atom is 0.221 e. The first-order valence-corrected chi connectivity index (χ1v) is 16.0. The smallest absolute Gasteiger partial charge is 0.221 e. The lowest BCUT2D eigenvalue weighted by Crippen LogP contribution is -2.38. The highest BCUT2D eigenvalue weighted by Gasteiger charge is 2.41. The Labute approximate surface area is 253 Å². The van der Waals surface area contributed by atoms with Crippen LogP contribution in [0.3, 0.4) is 0 Å². The van der Waals surface area contributed by atoms with Crippen LogP contribution in [0.5, 0.6) is 11.5 Å². The van der Waals surface area contributed by atoms with Crippen LogP contribution in [0.1, 0.15) is 61.9 Å². The fourth-order valence-corrected chi connectivity index (χ4v) is 6.76. The summed E-state index contributed by atoms with van der Waals surface area (Å²) in [7, 11) is 2.46. The predicted molar refractivity (Wildman–Crippen MR) is 170 cm³/mol. The van der Waals surface area contributed by atoms with Gasteiger partial charge >= 0.3 is 0 Å². The molecule has 0 radical (unpaired) electrons. The zero-order valence-electron chi connectivity index (χ0n) is 25.1. The molecule has 43 heavy (non-hydrogen) atoms. The van der Waals surface area contributed by atoms with Crippen LogP contribution in [0.2, 0.25) is 0 Å². The first-order valence-electron chi connectivity index (χ1n) is 14.5. The van der Waals surface area contributed by atoms with E-state index in [1.165, 1.54) is 12.5 Å². The van der Waals surface area contributed by atoms with Crippen LogP contribution in [0.4, 0.5) is 23.1 Å². The third-order valence-electron chi connectivity index (χ3n) is 8.07. The number of nitrogens with zero attached hydrogens (tertiary/aromatic N) is 4. The number of nitrogens with one attached hydrogen (secondary N) is 3. The zero-order valence-corrected chi connectivity index (χ0v) is 25.9. The van der Waals surface area contributed by atoms with Gasteiger partial charge in [-0.15, -0.1) is 0 Å². The molecule has 1 amide bonds. The van der Waals surface area contributed by atoms with Crippen molar-refractivity contribution in [1.29, 1.82) is 0 Å². The molecule has 226 valence electrons. The van der Waals surface area contributed by atoms with Gasteiger partial charge in [-0.3, -0.25) is 14.1 Å². The number of fused-ring (bicyclic) bond motifs is 1. The van der Waals surface area contributed by atoms with Crippen molar-refractivity contribution in [3.8, 4) is 11.5 Å². The number of benzene rings is 2. The number of aromatic amines is 1. The minimum atomic E-state index is -0.802. The van der Waals surface area contributed by atoms with Gasteiger partial charge < -0.3 is 25.0 Å². The van der Waals surface area contributed by atoms with Crippen LogP contribution in [0.15, 0.2) is 36.4 Å². The number of hydrogen-bond acceptors (Lipinski definition) is 9. The van der Waals surface area contributed by atoms with Crippen molar-refractivity contribution < 1.29 is 18.5 Å². The van der Waals surface area contributed by atoms with Crippen LogP contribution in [0.25, 0.3) is 10.9 Å². The summed E-state index contributed by atoms with van der Waals surface area (Å²) in [5.74, 6) is 5.72. The SMILES string of the molecule is COc1ccc(NC(C)=O)c(C2CC2c2ccc3c(Nc4nc(C(C)C)nc(N5CCS(=O)CC5)c4OC)n[nH]c3c2)c1. The van der Waals surface area contributed by atoms with Crippen LogP contribution < -0.4 is 25.0 Å². The van der Waals surface area contributed by atoms with Gasteiger partial charge in [-0.25, -0.2) is 9.97 Å². The molecule has 2 unspecified atom stereocenters. The topological polar surface area (TPSA) is 134 Å². The molecule has 1 saturated carbocycles. The van der Waals surface area contributed by atoms with Crippen LogP contribution in [0, 0.1) is 0 Å². The third-order valence-corrected chi connectivity index (χ3v) is 9.35. The number of rotatable bonds is 9. The Balaban J connectivity index is 1.28. The molecule has 4 aromatic rings. The number of methoxy groups -OCH3 is 2. The summed E-state index contributed by atoms with van der Waals surface area (Å²) in [6.45, 7) is 6.93. The number of H-pyrrole nitrogens is 1. The van der Waals surface area contributed by atoms with Gasteiger partial charge in [0.05, 0.1) is 19.7 Å². The fourth-order valence-electron chi connectivity index (χ4n) is 5.71. The quantitative estimate of drug-likeness (QED) is 0.241. The van der Waals surface area contributed by atoms with Gasteiger partial charge in [0.25, 0.3) is 0 Å². The van der Waals surface area contributed by atoms with Gasteiger partial charge in [-0.2, -0.15) is 5.10 Å². The molecule has 3 heterocycles. The molecule has 1 aliphatic heterocycles. The second-order valence-electron chi connectivity index (χ2n) is 11.4. The molecular weight excluding hydrogens is 566 g/mol. The van der Waals surface area contributed by atoms with Crippen molar-refractivity contribution in [2.75, 3.05) is 54.3 Å². The summed E-state index contributed by atoms with van der Waals surface area (Å²) >= 11 is 0. The Morgan fingerprint density at radius 2 is 1.84 bits per heavy atom. The molecule has 2 fully saturated rings. The lowest BCUT2D eigenvalue weighted by Gasteiger charge is -2.29. The third kappa shape index (κ3) is 5.88. The molecule has 0 spiro atoms. The van der Waals surface area contributed by atoms with Crippen molar-refractivity contribution >= 4 is 50.8 Å². The van der Waals surface area contributed by atoms with Crippen LogP contribution in [-0.2, 0) is 15.6 Å². The van der Waals surface area contributed by atoms with Gasteiger partial charge in [-0.05, 0) is 59.7 Å². The molecular formula is C31H37N7O4S. The number of aromatic nitrogens is 4. The van der Waals surface area contributed by atoms with E-state index in [0.717, 1.165) is 34.3 Å². The predicted octanol–water partition coefficient (Wildman–Crippen LogP) is 5.04. The number of anilines is 4. The summed E-state index contributed by atoms with van der Waals surface area (Å²) in [5.41, 5.74) is 4.02. The van der Waals surface area contributed by atoms with E-state index in [-0.39, 0.29) is 17.7 Å². The first kappa shape index (κ1) is 28.9. The molecule has 2 aliphatic rings. The summed E-state index contributed by atoms with van der Waals surface area (Å²) in [5, 5.41) is 15.1. The molecule has 1 aliphatic carbocycles. The van der Waals surface area contributed by atoms with Crippen LogP contribution >= 0.6 is 0 Å². The van der Waals surface area contributed by atoms with E-state index in [4.69, 9.17) is 19.4 Å². The van der Waals surface area contributed by atoms with E-state index in [1.54, 1.807) is 14.2 Å². The van der Waals surface area contributed by atoms with Crippen molar-refractivity contribution in [2.24, 2.45) is 0 Å². The lowest BCUT2D eigenvalue weighted by atomic mass is 10.0. The maximum atomic E-state index is 12.0. The number of carbonyl (C=O) groups is 1. The number of amides is 1. The summed E-state index contributed by atoms with van der Waals surface area (Å²) in [4.78, 5) is 23.6. The Morgan fingerprint density at radius 1 is 1.05 bits per heavy atom. The monoisotopic (exact) mass is 603 g/mol. The number of carbonyl (C=O) groups excluding carboxylic acids is 1. The first-order chi connectivity index (χ1) is 20.7. The fraction of sp³-hybridized carbons (Fsp3) is 0.419. The van der Waals surface area contributed by atoms with Crippen LogP contribution in [-0.4, -0.2) is 69.1 Å². The van der Waals surface area contributed by atoms with Gasteiger partial charge in [-0.1, -0.05) is 19.9 Å². The lowest BCUT2D eigenvalue weighted by molar-refractivity contribution is -0.114. The highest BCUT2D eigenvalue weighted by atomic mass is 32.2. The summed E-state index contributed by atoms with van der Waals surface area (Å²) in [6.07, 6.45) is 0.980. The van der Waals surface area contributed by atoms with Gasteiger partial charge in [0.15, 0.2) is 17.5 Å². The average molecular weight is 604 g/mol.